The van der Waals surface area contributed by atoms with Crippen molar-refractivity contribution in [3.63, 3.8) is 0 Å². The lowest BCUT2D eigenvalue weighted by Crippen LogP contribution is -2.25. The van der Waals surface area contributed by atoms with Gasteiger partial charge in [0.15, 0.2) is 0 Å². The topological polar surface area (TPSA) is 3.24 Å². The molecule has 0 aliphatic carbocycles. The van der Waals surface area contributed by atoms with Gasteiger partial charge in [-0.05, 0) is 19.9 Å². The van der Waals surface area contributed by atoms with Gasteiger partial charge in [0.1, 0.15) is 11.6 Å². The van der Waals surface area contributed by atoms with Gasteiger partial charge in [-0.1, -0.05) is 18.3 Å². The smallest absolute Gasteiger partial charge is 0.142 e. The summed E-state index contributed by atoms with van der Waals surface area (Å²) in [5, 5.41) is 0.740. The lowest BCUT2D eigenvalue weighted by Gasteiger charge is -2.24. The van der Waals surface area contributed by atoms with Crippen LogP contribution in [0.4, 0.5) is 14.5 Å². The summed E-state index contributed by atoms with van der Waals surface area (Å²) in [6.45, 7) is 7.77. The van der Waals surface area contributed by atoms with Gasteiger partial charge < -0.3 is 4.90 Å². The van der Waals surface area contributed by atoms with Crippen LogP contribution >= 0.6 is 11.8 Å². The number of rotatable bonds is 1. The molecule has 1 aromatic carbocycles. The Morgan fingerprint density at radius 2 is 2.00 bits per heavy atom. The van der Waals surface area contributed by atoms with Gasteiger partial charge >= 0.3 is 0 Å². The predicted octanol–water partition coefficient (Wildman–Crippen LogP) is 3.76. The summed E-state index contributed by atoms with van der Waals surface area (Å²) in [5.41, 5.74) is 0.581. The molecule has 0 radical (unpaired) electrons. The van der Waals surface area contributed by atoms with Crippen LogP contribution in [0.1, 0.15) is 13.8 Å². The van der Waals surface area contributed by atoms with E-state index in [1.54, 1.807) is 0 Å². The first kappa shape index (κ1) is 10.5. The third-order valence-electron chi connectivity index (χ3n) is 2.25. The van der Waals surface area contributed by atoms with Gasteiger partial charge in [0.05, 0.1) is 15.6 Å². The Labute approximate surface area is 91.8 Å². The van der Waals surface area contributed by atoms with Crippen LogP contribution in [-0.2, 0) is 0 Å². The summed E-state index contributed by atoms with van der Waals surface area (Å²) in [6.07, 6.45) is 0. The normalized spacial score (nSPS) is 15.0. The van der Waals surface area contributed by atoms with E-state index in [1.165, 1.54) is 17.8 Å². The van der Waals surface area contributed by atoms with Crippen molar-refractivity contribution in [2.24, 2.45) is 0 Å². The minimum Gasteiger partial charge on any atom is -0.333 e. The van der Waals surface area contributed by atoms with Gasteiger partial charge in [0, 0.05) is 12.1 Å². The van der Waals surface area contributed by atoms with Crippen LogP contribution in [0.15, 0.2) is 28.6 Å². The van der Waals surface area contributed by atoms with Crippen molar-refractivity contribution in [1.29, 1.82) is 0 Å². The summed E-state index contributed by atoms with van der Waals surface area (Å²) in [5.74, 6) is -1.06. The average molecular weight is 227 g/mol. The number of anilines is 1. The standard InChI is InChI=1S/C11H11F2NS/c1-6(2)14-7(3)15-11-9(13)4-8(12)5-10(11)14/h4-6H,3H2,1-2H3. The van der Waals surface area contributed by atoms with Crippen LogP contribution in [0, 0.1) is 11.6 Å². The molecule has 0 saturated carbocycles. The zero-order chi connectivity index (χ0) is 11.2. The molecule has 0 aromatic heterocycles. The second-order valence-electron chi connectivity index (χ2n) is 3.70. The van der Waals surface area contributed by atoms with Crippen LogP contribution in [0.25, 0.3) is 0 Å². The molecule has 0 spiro atoms. The Morgan fingerprint density at radius 3 is 2.60 bits per heavy atom. The van der Waals surface area contributed by atoms with E-state index in [-0.39, 0.29) is 6.04 Å². The molecule has 0 bridgehead atoms. The maximum absolute atomic E-state index is 13.4. The van der Waals surface area contributed by atoms with Gasteiger partial charge in [0.25, 0.3) is 0 Å². The van der Waals surface area contributed by atoms with Crippen molar-refractivity contribution >= 4 is 17.4 Å². The Hall–Kier alpha value is -1.03. The molecule has 1 nitrogen and oxygen atoms in total. The first-order valence-corrected chi connectivity index (χ1v) is 5.47. The van der Waals surface area contributed by atoms with E-state index in [0.29, 0.717) is 10.6 Å². The van der Waals surface area contributed by atoms with Crippen molar-refractivity contribution in [3.05, 3.63) is 35.4 Å². The molecule has 1 aromatic rings. The number of nitrogens with zero attached hydrogens (tertiary/aromatic N) is 1. The van der Waals surface area contributed by atoms with Gasteiger partial charge in [-0.15, -0.1) is 0 Å². The number of halogens is 2. The van der Waals surface area contributed by atoms with E-state index < -0.39 is 11.6 Å². The van der Waals surface area contributed by atoms with Crippen molar-refractivity contribution in [2.45, 2.75) is 24.8 Å². The van der Waals surface area contributed by atoms with E-state index >= 15 is 0 Å². The average Bonchev–Trinajstić information content (AvgIpc) is 2.41. The van der Waals surface area contributed by atoms with Crippen molar-refractivity contribution in [3.8, 4) is 0 Å². The highest BCUT2D eigenvalue weighted by Crippen LogP contribution is 2.47. The quantitative estimate of drug-likeness (QED) is 0.718. The van der Waals surface area contributed by atoms with Crippen LogP contribution in [0.2, 0.25) is 0 Å². The second-order valence-corrected chi connectivity index (χ2v) is 4.78. The maximum Gasteiger partial charge on any atom is 0.142 e. The monoisotopic (exact) mass is 227 g/mol. The molecule has 0 N–H and O–H groups in total. The molecule has 4 heteroatoms. The number of hydrogen-bond donors (Lipinski definition) is 0. The van der Waals surface area contributed by atoms with Gasteiger partial charge in [0.2, 0.25) is 0 Å². The first-order chi connectivity index (χ1) is 7.00. The zero-order valence-electron chi connectivity index (χ0n) is 8.55. The first-order valence-electron chi connectivity index (χ1n) is 4.65. The van der Waals surface area contributed by atoms with Gasteiger partial charge in [-0.25, -0.2) is 8.78 Å². The highest BCUT2D eigenvalue weighted by Gasteiger charge is 2.29. The molecule has 15 heavy (non-hydrogen) atoms. The fraction of sp³-hybridized carbons (Fsp3) is 0.273. The minimum atomic E-state index is -0.549. The fourth-order valence-electron chi connectivity index (χ4n) is 1.69. The molecule has 80 valence electrons. The summed E-state index contributed by atoms with van der Waals surface area (Å²) in [4.78, 5) is 2.31. The highest BCUT2D eigenvalue weighted by atomic mass is 32.2. The van der Waals surface area contributed by atoms with Crippen LogP contribution in [-0.4, -0.2) is 6.04 Å². The molecule has 0 atom stereocenters. The maximum atomic E-state index is 13.4. The van der Waals surface area contributed by atoms with E-state index in [9.17, 15) is 8.78 Å². The van der Waals surface area contributed by atoms with E-state index in [1.807, 2.05) is 18.7 Å². The Bertz CT molecular complexity index is 429. The number of fused-ring (bicyclic) bond motifs is 1. The molecule has 0 amide bonds. The van der Waals surface area contributed by atoms with Crippen LogP contribution < -0.4 is 4.90 Å². The zero-order valence-corrected chi connectivity index (χ0v) is 9.37. The molecular formula is C11H11F2NS. The lowest BCUT2D eigenvalue weighted by molar-refractivity contribution is 0.565. The minimum absolute atomic E-state index is 0.146. The Kier molecular flexibility index (Phi) is 2.46. The number of hydrogen-bond acceptors (Lipinski definition) is 2. The van der Waals surface area contributed by atoms with Gasteiger partial charge in [-0.3, -0.25) is 0 Å². The molecule has 1 aliphatic rings. The third-order valence-corrected chi connectivity index (χ3v) is 3.29. The lowest BCUT2D eigenvalue weighted by atomic mass is 10.2. The van der Waals surface area contributed by atoms with Crippen molar-refractivity contribution in [1.82, 2.24) is 0 Å². The van der Waals surface area contributed by atoms with E-state index in [0.717, 1.165) is 11.1 Å². The second kappa shape index (κ2) is 3.52. The predicted molar refractivity (Wildman–Crippen MR) is 59.0 cm³/mol. The largest absolute Gasteiger partial charge is 0.333 e. The summed E-state index contributed by atoms with van der Waals surface area (Å²) >= 11 is 1.25. The summed E-state index contributed by atoms with van der Waals surface area (Å²) < 4.78 is 26.5. The Balaban J connectivity index is 2.58. The molecule has 0 fully saturated rings. The molecule has 0 unspecified atom stereocenters. The van der Waals surface area contributed by atoms with E-state index in [4.69, 9.17) is 0 Å². The molecule has 0 saturated heterocycles. The Morgan fingerprint density at radius 1 is 1.33 bits per heavy atom. The number of benzene rings is 1. The highest BCUT2D eigenvalue weighted by molar-refractivity contribution is 8.03. The van der Waals surface area contributed by atoms with E-state index in [2.05, 4.69) is 6.58 Å². The van der Waals surface area contributed by atoms with Crippen molar-refractivity contribution < 1.29 is 8.78 Å². The van der Waals surface area contributed by atoms with Crippen LogP contribution in [0.5, 0.6) is 0 Å². The molecular weight excluding hydrogens is 216 g/mol. The molecule has 2 rings (SSSR count). The van der Waals surface area contributed by atoms with Crippen LogP contribution in [0.3, 0.4) is 0 Å². The number of thioether (sulfide) groups is 1. The SMILES string of the molecule is C=C1Sc2c(F)cc(F)cc2N1C(C)C. The van der Waals surface area contributed by atoms with Crippen molar-refractivity contribution in [2.75, 3.05) is 4.90 Å². The van der Waals surface area contributed by atoms with Gasteiger partial charge in [-0.2, -0.15) is 0 Å². The summed E-state index contributed by atoms with van der Waals surface area (Å²) in [7, 11) is 0. The molecule has 1 heterocycles. The summed E-state index contributed by atoms with van der Waals surface area (Å²) in [6, 6.07) is 2.40. The fourth-order valence-corrected chi connectivity index (χ4v) is 2.76. The molecule has 1 aliphatic heterocycles. The third kappa shape index (κ3) is 1.63.